The lowest BCUT2D eigenvalue weighted by Gasteiger charge is -2.05. The number of aromatic nitrogens is 3. The number of non-ortho nitro benzene ring substituents is 1. The number of hydrogen-bond donors (Lipinski definition) is 0. The smallest absolute Gasteiger partial charge is 0.260 e. The molecule has 0 amide bonds. The van der Waals surface area contributed by atoms with Crippen LogP contribution in [0.5, 0.6) is 0 Å². The number of pyridine rings is 1. The van der Waals surface area contributed by atoms with Crippen LogP contribution < -0.4 is 0 Å². The van der Waals surface area contributed by atoms with Crippen LogP contribution in [0.1, 0.15) is 5.56 Å². The molecule has 100 valence electrons. The fourth-order valence-corrected chi connectivity index (χ4v) is 2.18. The third-order valence-electron chi connectivity index (χ3n) is 3.00. The van der Waals surface area contributed by atoms with Gasteiger partial charge in [-0.25, -0.2) is 4.98 Å². The normalized spacial score (nSPS) is 10.8. The van der Waals surface area contributed by atoms with Gasteiger partial charge in [0.25, 0.3) is 5.69 Å². The van der Waals surface area contributed by atoms with Crippen molar-refractivity contribution in [3.8, 4) is 0 Å². The van der Waals surface area contributed by atoms with Gasteiger partial charge in [0.2, 0.25) is 0 Å². The summed E-state index contributed by atoms with van der Waals surface area (Å²) in [5.41, 5.74) is 1.54. The quantitative estimate of drug-likeness (QED) is 0.422. The Bertz CT molecular complexity index is 800. The molecule has 0 saturated heterocycles. The third-order valence-corrected chi connectivity index (χ3v) is 3.34. The molecule has 0 unspecified atom stereocenters. The lowest BCUT2D eigenvalue weighted by Crippen LogP contribution is -2.02. The second-order valence-electron chi connectivity index (χ2n) is 4.26. The zero-order valence-electron chi connectivity index (χ0n) is 10.2. The van der Waals surface area contributed by atoms with Gasteiger partial charge in [-0.15, -0.1) is 0 Å². The lowest BCUT2D eigenvalue weighted by molar-refractivity contribution is -0.384. The second kappa shape index (κ2) is 4.90. The Morgan fingerprint density at radius 1 is 1.35 bits per heavy atom. The van der Waals surface area contributed by atoms with E-state index < -0.39 is 4.92 Å². The van der Waals surface area contributed by atoms with E-state index in [1.165, 1.54) is 12.1 Å². The van der Waals surface area contributed by atoms with E-state index in [0.717, 1.165) is 10.9 Å². The van der Waals surface area contributed by atoms with Crippen molar-refractivity contribution in [2.75, 3.05) is 0 Å². The maximum atomic E-state index is 10.8. The molecule has 0 spiro atoms. The van der Waals surface area contributed by atoms with E-state index in [9.17, 15) is 10.1 Å². The minimum absolute atomic E-state index is 0.0385. The first-order valence-corrected chi connectivity index (χ1v) is 6.22. The van der Waals surface area contributed by atoms with Crippen LogP contribution in [-0.2, 0) is 6.54 Å². The average Bonchev–Trinajstić information content (AvgIpc) is 2.84. The Hall–Kier alpha value is -2.47. The number of fused-ring (bicyclic) bond motifs is 1. The Balaban J connectivity index is 2.06. The molecule has 0 aliphatic carbocycles. The molecular formula is C13H9ClN4O2. The molecule has 20 heavy (non-hydrogen) atoms. The van der Waals surface area contributed by atoms with Crippen LogP contribution >= 0.6 is 11.6 Å². The molecule has 3 rings (SSSR count). The van der Waals surface area contributed by atoms with E-state index in [1.54, 1.807) is 29.2 Å². The first-order valence-electron chi connectivity index (χ1n) is 5.84. The van der Waals surface area contributed by atoms with E-state index in [2.05, 4.69) is 10.1 Å². The van der Waals surface area contributed by atoms with Crippen LogP contribution in [0.3, 0.4) is 0 Å². The van der Waals surface area contributed by atoms with E-state index in [0.29, 0.717) is 17.2 Å². The molecule has 0 atom stereocenters. The van der Waals surface area contributed by atoms with Crippen molar-refractivity contribution < 1.29 is 4.92 Å². The van der Waals surface area contributed by atoms with Gasteiger partial charge in [-0.2, -0.15) is 5.10 Å². The van der Waals surface area contributed by atoms with Gasteiger partial charge in [-0.05, 0) is 12.1 Å². The summed E-state index contributed by atoms with van der Waals surface area (Å²) >= 11 is 6.01. The second-order valence-corrected chi connectivity index (χ2v) is 4.61. The summed E-state index contributed by atoms with van der Waals surface area (Å²) in [5.74, 6) is 0. The van der Waals surface area contributed by atoms with Crippen molar-refractivity contribution in [1.82, 2.24) is 14.8 Å². The molecule has 0 N–H and O–H groups in total. The topological polar surface area (TPSA) is 73.8 Å². The van der Waals surface area contributed by atoms with Gasteiger partial charge >= 0.3 is 0 Å². The Morgan fingerprint density at radius 3 is 2.95 bits per heavy atom. The molecule has 0 saturated carbocycles. The highest BCUT2D eigenvalue weighted by Gasteiger charge is 2.11. The highest BCUT2D eigenvalue weighted by molar-refractivity contribution is 6.30. The van der Waals surface area contributed by atoms with Gasteiger partial charge in [0, 0.05) is 29.3 Å². The molecule has 0 radical (unpaired) electrons. The average molecular weight is 289 g/mol. The summed E-state index contributed by atoms with van der Waals surface area (Å²) in [6.45, 7) is 0.414. The van der Waals surface area contributed by atoms with Crippen LogP contribution in [0.4, 0.5) is 5.69 Å². The summed E-state index contributed by atoms with van der Waals surface area (Å²) in [5, 5.41) is 16.3. The standard InChI is InChI=1S/C13H9ClN4O2/c14-13-10(2-1-5-15-13)8-17-12-6-11(18(19)20)4-3-9(12)7-16-17/h1-7H,8H2. The number of benzene rings is 1. The zero-order chi connectivity index (χ0) is 14.1. The maximum Gasteiger partial charge on any atom is 0.271 e. The van der Waals surface area contributed by atoms with Crippen molar-refractivity contribution in [1.29, 1.82) is 0 Å². The summed E-state index contributed by atoms with van der Waals surface area (Å²) in [6, 6.07) is 8.29. The Labute approximate surface area is 118 Å². The molecule has 0 aliphatic heterocycles. The molecule has 0 aliphatic rings. The molecule has 1 aromatic carbocycles. The van der Waals surface area contributed by atoms with Gasteiger partial charge < -0.3 is 0 Å². The van der Waals surface area contributed by atoms with Gasteiger partial charge in [0.05, 0.1) is 23.2 Å². The van der Waals surface area contributed by atoms with E-state index in [4.69, 9.17) is 11.6 Å². The minimum atomic E-state index is -0.423. The summed E-state index contributed by atoms with van der Waals surface area (Å²) < 4.78 is 1.67. The summed E-state index contributed by atoms with van der Waals surface area (Å²) in [4.78, 5) is 14.4. The van der Waals surface area contributed by atoms with Crippen LogP contribution in [0.15, 0.2) is 42.7 Å². The van der Waals surface area contributed by atoms with Gasteiger partial charge in [-0.3, -0.25) is 14.8 Å². The molecule has 7 heteroatoms. The number of nitro groups is 1. The van der Waals surface area contributed by atoms with Crippen molar-refractivity contribution >= 4 is 28.2 Å². The van der Waals surface area contributed by atoms with E-state index in [1.807, 2.05) is 6.07 Å². The lowest BCUT2D eigenvalue weighted by atomic mass is 10.2. The van der Waals surface area contributed by atoms with Crippen molar-refractivity contribution in [3.05, 3.63) is 63.6 Å². The zero-order valence-corrected chi connectivity index (χ0v) is 11.0. The van der Waals surface area contributed by atoms with Crippen LogP contribution in [0.2, 0.25) is 5.15 Å². The Kier molecular flexibility index (Phi) is 3.08. The van der Waals surface area contributed by atoms with E-state index in [-0.39, 0.29) is 5.69 Å². The summed E-state index contributed by atoms with van der Waals surface area (Å²) in [7, 11) is 0. The first kappa shape index (κ1) is 12.6. The largest absolute Gasteiger partial charge is 0.271 e. The van der Waals surface area contributed by atoms with Gasteiger partial charge in [-0.1, -0.05) is 17.7 Å². The van der Waals surface area contributed by atoms with Crippen molar-refractivity contribution in [3.63, 3.8) is 0 Å². The highest BCUT2D eigenvalue weighted by atomic mass is 35.5. The number of nitro benzene ring substituents is 1. The molecule has 0 fully saturated rings. The van der Waals surface area contributed by atoms with Crippen LogP contribution in [-0.4, -0.2) is 19.7 Å². The minimum Gasteiger partial charge on any atom is -0.260 e. The molecule has 2 aromatic heterocycles. The molecular weight excluding hydrogens is 280 g/mol. The predicted octanol–water partition coefficient (Wildman–Crippen LogP) is 3.04. The maximum absolute atomic E-state index is 10.8. The molecule has 3 aromatic rings. The van der Waals surface area contributed by atoms with Crippen molar-refractivity contribution in [2.24, 2.45) is 0 Å². The molecule has 6 nitrogen and oxygen atoms in total. The monoisotopic (exact) mass is 288 g/mol. The third kappa shape index (κ3) is 2.21. The molecule has 2 heterocycles. The number of rotatable bonds is 3. The fourth-order valence-electron chi connectivity index (χ4n) is 2.00. The number of halogens is 1. The molecule has 0 bridgehead atoms. The van der Waals surface area contributed by atoms with Crippen LogP contribution in [0.25, 0.3) is 10.9 Å². The van der Waals surface area contributed by atoms with Crippen LogP contribution in [0, 0.1) is 10.1 Å². The van der Waals surface area contributed by atoms with Gasteiger partial charge in [0.1, 0.15) is 5.15 Å². The van der Waals surface area contributed by atoms with Crippen molar-refractivity contribution in [2.45, 2.75) is 6.54 Å². The number of nitrogens with zero attached hydrogens (tertiary/aromatic N) is 4. The predicted molar refractivity (Wildman–Crippen MR) is 74.7 cm³/mol. The number of hydrogen-bond acceptors (Lipinski definition) is 4. The van der Waals surface area contributed by atoms with Gasteiger partial charge in [0.15, 0.2) is 0 Å². The van der Waals surface area contributed by atoms with E-state index >= 15 is 0 Å². The SMILES string of the molecule is O=[N+]([O-])c1ccc2cnn(Cc3cccnc3Cl)c2c1. The summed E-state index contributed by atoms with van der Waals surface area (Å²) in [6.07, 6.45) is 3.28. The first-order chi connectivity index (χ1) is 9.65. The Morgan fingerprint density at radius 2 is 2.20 bits per heavy atom. The highest BCUT2D eigenvalue weighted by Crippen LogP contribution is 2.22. The fraction of sp³-hybridized carbons (Fsp3) is 0.0769.